The summed E-state index contributed by atoms with van der Waals surface area (Å²) in [7, 11) is 0. The standard InChI is InChI=1S/C16H12BrFN2S/c17-14-8-13(18)4-3-12(14)9-20-6-5-10-1-2-11(16(19)21)7-15(10)20/h1-8H,9H2,(H2,19,21). The summed E-state index contributed by atoms with van der Waals surface area (Å²) in [5, 5.41) is 1.12. The largest absolute Gasteiger partial charge is 0.389 e. The van der Waals surface area contributed by atoms with Crippen molar-refractivity contribution in [2.75, 3.05) is 0 Å². The van der Waals surface area contributed by atoms with Crippen molar-refractivity contribution in [2.45, 2.75) is 6.54 Å². The SMILES string of the molecule is NC(=S)c1ccc2ccn(Cc3ccc(F)cc3Br)c2c1. The molecule has 0 aliphatic rings. The molecule has 2 nitrogen and oxygen atoms in total. The molecule has 21 heavy (non-hydrogen) atoms. The van der Waals surface area contributed by atoms with Gasteiger partial charge in [0.25, 0.3) is 0 Å². The van der Waals surface area contributed by atoms with Crippen LogP contribution in [-0.4, -0.2) is 9.56 Å². The molecule has 0 aliphatic heterocycles. The summed E-state index contributed by atoms with van der Waals surface area (Å²) >= 11 is 8.43. The van der Waals surface area contributed by atoms with Gasteiger partial charge in [-0.1, -0.05) is 46.3 Å². The number of fused-ring (bicyclic) bond motifs is 1. The highest BCUT2D eigenvalue weighted by Gasteiger charge is 2.07. The Balaban J connectivity index is 2.04. The number of aromatic nitrogens is 1. The molecule has 1 heterocycles. The highest BCUT2D eigenvalue weighted by Crippen LogP contribution is 2.23. The highest BCUT2D eigenvalue weighted by atomic mass is 79.9. The van der Waals surface area contributed by atoms with Crippen molar-refractivity contribution < 1.29 is 4.39 Å². The monoisotopic (exact) mass is 362 g/mol. The Labute approximate surface area is 135 Å². The van der Waals surface area contributed by atoms with Crippen LogP contribution < -0.4 is 5.73 Å². The maximum absolute atomic E-state index is 13.2. The second-order valence-electron chi connectivity index (χ2n) is 4.82. The molecule has 0 amide bonds. The molecule has 2 aromatic carbocycles. The Morgan fingerprint density at radius 3 is 2.71 bits per heavy atom. The average Bonchev–Trinajstić information content (AvgIpc) is 2.84. The lowest BCUT2D eigenvalue weighted by Gasteiger charge is -2.09. The first-order valence-electron chi connectivity index (χ1n) is 6.37. The molecule has 5 heteroatoms. The topological polar surface area (TPSA) is 30.9 Å². The van der Waals surface area contributed by atoms with Gasteiger partial charge < -0.3 is 10.3 Å². The van der Waals surface area contributed by atoms with Gasteiger partial charge >= 0.3 is 0 Å². The van der Waals surface area contributed by atoms with Crippen molar-refractivity contribution in [3.05, 3.63) is 70.1 Å². The van der Waals surface area contributed by atoms with E-state index in [1.807, 2.05) is 30.5 Å². The zero-order valence-electron chi connectivity index (χ0n) is 11.0. The quantitative estimate of drug-likeness (QED) is 0.707. The minimum Gasteiger partial charge on any atom is -0.389 e. The fourth-order valence-corrected chi connectivity index (χ4v) is 2.91. The summed E-state index contributed by atoms with van der Waals surface area (Å²) in [6.45, 7) is 0.644. The first-order valence-corrected chi connectivity index (χ1v) is 7.57. The molecule has 0 atom stereocenters. The third-order valence-electron chi connectivity index (χ3n) is 3.41. The van der Waals surface area contributed by atoms with Gasteiger partial charge in [0.1, 0.15) is 10.8 Å². The number of hydrogen-bond donors (Lipinski definition) is 1. The van der Waals surface area contributed by atoms with Crippen LogP contribution in [0.15, 0.2) is 53.1 Å². The van der Waals surface area contributed by atoms with E-state index in [9.17, 15) is 4.39 Å². The van der Waals surface area contributed by atoms with E-state index >= 15 is 0 Å². The van der Waals surface area contributed by atoms with Crippen LogP contribution in [0.3, 0.4) is 0 Å². The maximum atomic E-state index is 13.2. The minimum absolute atomic E-state index is 0.251. The Kier molecular flexibility index (Phi) is 3.78. The van der Waals surface area contributed by atoms with Gasteiger partial charge in [0, 0.05) is 28.3 Å². The van der Waals surface area contributed by atoms with Crippen LogP contribution in [0.4, 0.5) is 4.39 Å². The molecule has 0 saturated carbocycles. The van der Waals surface area contributed by atoms with Crippen LogP contribution in [0.2, 0.25) is 0 Å². The van der Waals surface area contributed by atoms with Crippen LogP contribution in [0.25, 0.3) is 10.9 Å². The summed E-state index contributed by atoms with van der Waals surface area (Å²) in [6.07, 6.45) is 2.00. The first-order chi connectivity index (χ1) is 10.0. The molecular formula is C16H12BrFN2S. The van der Waals surface area contributed by atoms with Crippen molar-refractivity contribution in [2.24, 2.45) is 5.73 Å². The summed E-state index contributed by atoms with van der Waals surface area (Å²) in [6, 6.07) is 12.7. The lowest BCUT2D eigenvalue weighted by atomic mass is 10.1. The molecule has 1 aromatic heterocycles. The third kappa shape index (κ3) is 2.84. The van der Waals surface area contributed by atoms with Crippen molar-refractivity contribution in [1.29, 1.82) is 0 Å². The average molecular weight is 363 g/mol. The van der Waals surface area contributed by atoms with E-state index in [-0.39, 0.29) is 5.82 Å². The second-order valence-corrected chi connectivity index (χ2v) is 6.11. The normalized spacial score (nSPS) is 11.0. The molecule has 106 valence electrons. The van der Waals surface area contributed by atoms with Crippen LogP contribution in [0, 0.1) is 5.82 Å². The zero-order chi connectivity index (χ0) is 15.0. The van der Waals surface area contributed by atoms with E-state index in [0.29, 0.717) is 11.5 Å². The molecule has 0 bridgehead atoms. The fourth-order valence-electron chi connectivity index (χ4n) is 2.31. The van der Waals surface area contributed by atoms with Gasteiger partial charge in [0.05, 0.1) is 0 Å². The number of nitrogens with two attached hydrogens (primary N) is 1. The van der Waals surface area contributed by atoms with E-state index < -0.39 is 0 Å². The summed E-state index contributed by atoms with van der Waals surface area (Å²) in [4.78, 5) is 0.382. The van der Waals surface area contributed by atoms with Crippen molar-refractivity contribution in [3.8, 4) is 0 Å². The molecule has 0 radical (unpaired) electrons. The van der Waals surface area contributed by atoms with Gasteiger partial charge in [-0.15, -0.1) is 0 Å². The van der Waals surface area contributed by atoms with Gasteiger partial charge in [0.15, 0.2) is 0 Å². The molecule has 0 unspecified atom stereocenters. The number of hydrogen-bond acceptors (Lipinski definition) is 1. The van der Waals surface area contributed by atoms with Crippen molar-refractivity contribution in [3.63, 3.8) is 0 Å². The molecule has 0 fully saturated rings. The van der Waals surface area contributed by atoms with Gasteiger partial charge in [0.2, 0.25) is 0 Å². The molecule has 2 N–H and O–H groups in total. The Hall–Kier alpha value is -1.72. The van der Waals surface area contributed by atoms with Gasteiger partial charge in [-0.3, -0.25) is 0 Å². The van der Waals surface area contributed by atoms with Gasteiger partial charge in [-0.2, -0.15) is 0 Å². The van der Waals surface area contributed by atoms with Crippen molar-refractivity contribution >= 4 is 44.0 Å². The lowest BCUT2D eigenvalue weighted by Crippen LogP contribution is -2.09. The molecule has 3 aromatic rings. The Bertz CT molecular complexity index is 841. The number of thiocarbonyl (C=S) groups is 1. The highest BCUT2D eigenvalue weighted by molar-refractivity contribution is 9.10. The Morgan fingerprint density at radius 2 is 2.00 bits per heavy atom. The van der Waals surface area contributed by atoms with Crippen LogP contribution in [0.1, 0.15) is 11.1 Å². The van der Waals surface area contributed by atoms with Crippen LogP contribution in [0.5, 0.6) is 0 Å². The van der Waals surface area contributed by atoms with E-state index in [1.165, 1.54) is 12.1 Å². The summed E-state index contributed by atoms with van der Waals surface area (Å²) in [5.41, 5.74) is 8.59. The summed E-state index contributed by atoms with van der Waals surface area (Å²) < 4.78 is 16.0. The number of nitrogens with zero attached hydrogens (tertiary/aromatic N) is 1. The number of benzene rings is 2. The molecule has 0 aliphatic carbocycles. The van der Waals surface area contributed by atoms with E-state index in [1.54, 1.807) is 6.07 Å². The molecule has 0 spiro atoms. The Morgan fingerprint density at radius 1 is 1.19 bits per heavy atom. The third-order valence-corrected chi connectivity index (χ3v) is 4.39. The van der Waals surface area contributed by atoms with Gasteiger partial charge in [-0.05, 0) is 35.2 Å². The molecular weight excluding hydrogens is 351 g/mol. The van der Waals surface area contributed by atoms with Crippen LogP contribution >= 0.6 is 28.1 Å². The predicted octanol–water partition coefficient (Wildman–Crippen LogP) is 4.23. The number of halogens is 2. The second kappa shape index (κ2) is 5.58. The zero-order valence-corrected chi connectivity index (χ0v) is 13.4. The molecule has 3 rings (SSSR count). The lowest BCUT2D eigenvalue weighted by molar-refractivity contribution is 0.625. The first kappa shape index (κ1) is 14.2. The number of rotatable bonds is 3. The minimum atomic E-state index is -0.251. The van der Waals surface area contributed by atoms with Gasteiger partial charge in [-0.25, -0.2) is 4.39 Å². The van der Waals surface area contributed by atoms with E-state index in [2.05, 4.69) is 20.5 Å². The van der Waals surface area contributed by atoms with E-state index in [4.69, 9.17) is 18.0 Å². The van der Waals surface area contributed by atoms with E-state index in [0.717, 1.165) is 26.5 Å². The summed E-state index contributed by atoms with van der Waals surface area (Å²) in [5.74, 6) is -0.251. The van der Waals surface area contributed by atoms with Crippen LogP contribution in [-0.2, 0) is 6.54 Å². The maximum Gasteiger partial charge on any atom is 0.124 e. The predicted molar refractivity (Wildman–Crippen MR) is 91.0 cm³/mol. The van der Waals surface area contributed by atoms with Crippen molar-refractivity contribution in [1.82, 2.24) is 4.57 Å². The molecule has 0 saturated heterocycles. The smallest absolute Gasteiger partial charge is 0.124 e. The fraction of sp³-hybridized carbons (Fsp3) is 0.0625.